The number of imidazole rings is 1. The van der Waals surface area contributed by atoms with Crippen molar-refractivity contribution in [1.82, 2.24) is 9.55 Å². The van der Waals surface area contributed by atoms with Crippen LogP contribution in [-0.2, 0) is 4.79 Å². The molecule has 0 aliphatic heterocycles. The zero-order valence-corrected chi connectivity index (χ0v) is 10.3. The van der Waals surface area contributed by atoms with E-state index in [4.69, 9.17) is 9.52 Å². The third-order valence-electron chi connectivity index (χ3n) is 2.90. The number of nitrogens with zero attached hydrogens (tertiary/aromatic N) is 2. The number of furan rings is 1. The van der Waals surface area contributed by atoms with Gasteiger partial charge in [-0.05, 0) is 12.1 Å². The predicted octanol–water partition coefficient (Wildman–Crippen LogP) is 2.28. The van der Waals surface area contributed by atoms with E-state index in [1.54, 1.807) is 10.9 Å². The average molecular weight is 270 g/mol. The van der Waals surface area contributed by atoms with Crippen LogP contribution >= 0.6 is 0 Å². The number of carbonyl (C=O) groups is 2. The van der Waals surface area contributed by atoms with Crippen molar-refractivity contribution in [1.29, 1.82) is 0 Å². The fraction of sp³-hybridized carbons (Fsp3) is 0.0714. The number of carboxylic acid groups (broad SMARTS) is 1. The Labute approximate surface area is 113 Å². The Hall–Kier alpha value is -2.89. The number of hydrogen-bond acceptors (Lipinski definition) is 4. The Morgan fingerprint density at radius 2 is 2.10 bits per heavy atom. The van der Waals surface area contributed by atoms with Crippen molar-refractivity contribution in [3.05, 3.63) is 48.7 Å². The molecule has 0 atom stereocenters. The summed E-state index contributed by atoms with van der Waals surface area (Å²) in [4.78, 5) is 26.4. The lowest BCUT2D eigenvalue weighted by Gasteiger charge is -1.98. The monoisotopic (exact) mass is 270 g/mol. The highest BCUT2D eigenvalue weighted by Gasteiger charge is 2.16. The van der Waals surface area contributed by atoms with Gasteiger partial charge in [0, 0.05) is 6.07 Å². The predicted molar refractivity (Wildman–Crippen MR) is 69.9 cm³/mol. The standard InChI is InChI=1S/C14H10N2O4/c17-12(6-14(18)19)13-5-9(7-20-13)16-8-15-10-3-1-2-4-11(10)16/h1-5,7-8H,6H2,(H,18,19). The van der Waals surface area contributed by atoms with Crippen molar-refractivity contribution in [2.24, 2.45) is 0 Å². The number of fused-ring (bicyclic) bond motifs is 1. The molecule has 0 spiro atoms. The fourth-order valence-electron chi connectivity index (χ4n) is 1.99. The van der Waals surface area contributed by atoms with Crippen LogP contribution in [0.4, 0.5) is 0 Å². The van der Waals surface area contributed by atoms with E-state index in [9.17, 15) is 9.59 Å². The number of rotatable bonds is 4. The van der Waals surface area contributed by atoms with Crippen LogP contribution in [0, 0.1) is 0 Å². The molecule has 0 radical (unpaired) electrons. The first-order valence-electron chi connectivity index (χ1n) is 5.91. The van der Waals surface area contributed by atoms with E-state index in [1.165, 1.54) is 12.3 Å². The van der Waals surface area contributed by atoms with Gasteiger partial charge >= 0.3 is 5.97 Å². The van der Waals surface area contributed by atoms with Gasteiger partial charge in [-0.1, -0.05) is 12.1 Å². The van der Waals surface area contributed by atoms with Crippen LogP contribution in [0.3, 0.4) is 0 Å². The maximum Gasteiger partial charge on any atom is 0.311 e. The van der Waals surface area contributed by atoms with Gasteiger partial charge in [-0.15, -0.1) is 0 Å². The lowest BCUT2D eigenvalue weighted by atomic mass is 10.2. The molecule has 3 rings (SSSR count). The van der Waals surface area contributed by atoms with Gasteiger partial charge in [0.1, 0.15) is 19.0 Å². The number of hydrogen-bond donors (Lipinski definition) is 1. The summed E-state index contributed by atoms with van der Waals surface area (Å²) in [5.74, 6) is -1.71. The van der Waals surface area contributed by atoms with E-state index in [0.29, 0.717) is 5.69 Å². The van der Waals surface area contributed by atoms with Gasteiger partial charge in [0.2, 0.25) is 5.78 Å². The van der Waals surface area contributed by atoms with Gasteiger partial charge in [0.25, 0.3) is 0 Å². The molecule has 0 unspecified atom stereocenters. The van der Waals surface area contributed by atoms with Crippen molar-refractivity contribution in [2.45, 2.75) is 6.42 Å². The lowest BCUT2D eigenvalue weighted by molar-refractivity contribution is -0.135. The van der Waals surface area contributed by atoms with Crippen molar-refractivity contribution in [3.63, 3.8) is 0 Å². The van der Waals surface area contributed by atoms with Crippen molar-refractivity contribution < 1.29 is 19.1 Å². The number of ketones is 1. The van der Waals surface area contributed by atoms with Gasteiger partial charge in [0.15, 0.2) is 5.76 Å². The maximum atomic E-state index is 11.6. The molecule has 20 heavy (non-hydrogen) atoms. The van der Waals surface area contributed by atoms with Crippen LogP contribution < -0.4 is 0 Å². The van der Waals surface area contributed by atoms with Gasteiger partial charge in [-0.3, -0.25) is 14.2 Å². The summed E-state index contributed by atoms with van der Waals surface area (Å²) in [6, 6.07) is 9.06. The first-order chi connectivity index (χ1) is 9.65. The Bertz CT molecular complexity index is 800. The molecule has 0 aliphatic rings. The van der Waals surface area contributed by atoms with E-state index in [0.717, 1.165) is 11.0 Å². The Kier molecular flexibility index (Phi) is 2.83. The quantitative estimate of drug-likeness (QED) is 0.580. The number of aromatic nitrogens is 2. The highest BCUT2D eigenvalue weighted by Crippen LogP contribution is 2.20. The van der Waals surface area contributed by atoms with Crippen LogP contribution in [0.15, 0.2) is 47.3 Å². The molecule has 100 valence electrons. The first kappa shape index (κ1) is 12.2. The zero-order valence-electron chi connectivity index (χ0n) is 10.3. The minimum Gasteiger partial charge on any atom is -0.481 e. The number of para-hydroxylation sites is 2. The van der Waals surface area contributed by atoms with E-state index in [-0.39, 0.29) is 5.76 Å². The van der Waals surface area contributed by atoms with Crippen LogP contribution in [0.2, 0.25) is 0 Å². The normalized spacial score (nSPS) is 10.8. The highest BCUT2D eigenvalue weighted by molar-refractivity contribution is 6.04. The van der Waals surface area contributed by atoms with Crippen LogP contribution in [0.5, 0.6) is 0 Å². The SMILES string of the molecule is O=C(O)CC(=O)c1cc(-n2cnc3ccccc32)co1. The maximum absolute atomic E-state index is 11.6. The minimum absolute atomic E-state index is 0.0279. The second kappa shape index (κ2) is 4.65. The molecule has 0 aliphatic carbocycles. The van der Waals surface area contributed by atoms with Crippen LogP contribution in [0.1, 0.15) is 17.0 Å². The zero-order chi connectivity index (χ0) is 14.1. The van der Waals surface area contributed by atoms with Gasteiger partial charge in [-0.2, -0.15) is 0 Å². The largest absolute Gasteiger partial charge is 0.481 e. The fourth-order valence-corrected chi connectivity index (χ4v) is 1.99. The van der Waals surface area contributed by atoms with E-state index >= 15 is 0 Å². The van der Waals surface area contributed by atoms with Gasteiger partial charge in [0.05, 0.1) is 16.7 Å². The lowest BCUT2D eigenvalue weighted by Crippen LogP contribution is -2.05. The summed E-state index contributed by atoms with van der Waals surface area (Å²) in [5.41, 5.74) is 2.34. The summed E-state index contributed by atoms with van der Waals surface area (Å²) in [7, 11) is 0. The number of Topliss-reactive ketones (excluding diaryl/α,β-unsaturated/α-hetero) is 1. The molecule has 1 aromatic carbocycles. The summed E-state index contributed by atoms with van der Waals surface area (Å²) in [6.45, 7) is 0. The van der Waals surface area contributed by atoms with Crippen LogP contribution in [0.25, 0.3) is 16.7 Å². The number of carboxylic acids is 1. The topological polar surface area (TPSA) is 85.3 Å². The molecular formula is C14H10N2O4. The Morgan fingerprint density at radius 1 is 1.30 bits per heavy atom. The molecule has 6 nitrogen and oxygen atoms in total. The number of aliphatic carboxylic acids is 1. The summed E-state index contributed by atoms with van der Waals surface area (Å²) >= 11 is 0. The van der Waals surface area contributed by atoms with E-state index in [2.05, 4.69) is 4.98 Å². The number of benzene rings is 1. The molecular weight excluding hydrogens is 260 g/mol. The van der Waals surface area contributed by atoms with Gasteiger partial charge in [-0.25, -0.2) is 4.98 Å². The summed E-state index contributed by atoms with van der Waals surface area (Å²) in [6.07, 6.45) is 2.45. The van der Waals surface area contributed by atoms with E-state index in [1.807, 2.05) is 24.3 Å². The molecule has 0 amide bonds. The molecule has 0 fully saturated rings. The molecule has 1 N–H and O–H groups in total. The van der Waals surface area contributed by atoms with Crippen molar-refractivity contribution in [2.75, 3.05) is 0 Å². The molecule has 2 heterocycles. The molecule has 2 aromatic heterocycles. The Morgan fingerprint density at radius 3 is 2.90 bits per heavy atom. The first-order valence-corrected chi connectivity index (χ1v) is 5.91. The number of carbonyl (C=O) groups excluding carboxylic acids is 1. The summed E-state index contributed by atoms with van der Waals surface area (Å²) < 4.78 is 6.91. The molecule has 6 heteroatoms. The second-order valence-electron chi connectivity index (χ2n) is 4.27. The van der Waals surface area contributed by atoms with E-state index < -0.39 is 18.2 Å². The highest BCUT2D eigenvalue weighted by atomic mass is 16.4. The third kappa shape index (κ3) is 2.07. The van der Waals surface area contributed by atoms with Crippen LogP contribution in [-0.4, -0.2) is 26.4 Å². The molecule has 0 saturated heterocycles. The molecule has 3 aromatic rings. The third-order valence-corrected chi connectivity index (χ3v) is 2.90. The molecule has 0 saturated carbocycles. The second-order valence-corrected chi connectivity index (χ2v) is 4.27. The average Bonchev–Trinajstić information content (AvgIpc) is 3.04. The van der Waals surface area contributed by atoms with Crippen molar-refractivity contribution in [3.8, 4) is 5.69 Å². The minimum atomic E-state index is -1.18. The smallest absolute Gasteiger partial charge is 0.311 e. The van der Waals surface area contributed by atoms with Crippen molar-refractivity contribution >= 4 is 22.8 Å². The summed E-state index contributed by atoms with van der Waals surface area (Å²) in [5, 5.41) is 8.60. The molecule has 0 bridgehead atoms. The Balaban J connectivity index is 1.98. The van der Waals surface area contributed by atoms with Gasteiger partial charge < -0.3 is 9.52 Å².